The van der Waals surface area contributed by atoms with E-state index in [9.17, 15) is 14.4 Å². The van der Waals surface area contributed by atoms with Crippen LogP contribution in [0.25, 0.3) is 0 Å². The van der Waals surface area contributed by atoms with E-state index in [1.807, 2.05) is 11.8 Å². The number of carbonyl (C=O) groups is 3. The molecular formula is C30H34Cl2N4O5. The number of hydrogen-bond donors (Lipinski definition) is 1. The summed E-state index contributed by atoms with van der Waals surface area (Å²) in [7, 11) is 1.58. The number of amides is 3. The fourth-order valence-corrected chi connectivity index (χ4v) is 5.72. The Morgan fingerprint density at radius 3 is 2.49 bits per heavy atom. The fourth-order valence-electron chi connectivity index (χ4n) is 5.20. The zero-order valence-electron chi connectivity index (χ0n) is 23.4. The van der Waals surface area contributed by atoms with Gasteiger partial charge in [0.25, 0.3) is 5.91 Å². The molecule has 1 saturated heterocycles. The van der Waals surface area contributed by atoms with Gasteiger partial charge in [-0.05, 0) is 55.8 Å². The summed E-state index contributed by atoms with van der Waals surface area (Å²) in [6.07, 6.45) is 1.60. The van der Waals surface area contributed by atoms with Crippen LogP contribution >= 0.6 is 23.2 Å². The number of urea groups is 1. The van der Waals surface area contributed by atoms with Crippen LogP contribution in [-0.4, -0.2) is 85.1 Å². The highest BCUT2D eigenvalue weighted by molar-refractivity contribution is 6.35. The molecule has 41 heavy (non-hydrogen) atoms. The first-order valence-corrected chi connectivity index (χ1v) is 14.1. The Morgan fingerprint density at radius 1 is 1.15 bits per heavy atom. The minimum Gasteiger partial charge on any atom is -0.497 e. The van der Waals surface area contributed by atoms with E-state index in [-0.39, 0.29) is 37.7 Å². The molecule has 2 atom stereocenters. The lowest BCUT2D eigenvalue weighted by Gasteiger charge is -2.43. The number of halogens is 2. The number of hydrogen-bond acceptors (Lipinski definition) is 6. The average molecular weight is 602 g/mol. The third kappa shape index (κ3) is 6.69. The van der Waals surface area contributed by atoms with E-state index < -0.39 is 12.0 Å². The Labute approximate surface area is 250 Å². The zero-order chi connectivity index (χ0) is 29.7. The van der Waals surface area contributed by atoms with Gasteiger partial charge < -0.3 is 19.7 Å². The maximum absolute atomic E-state index is 13.4. The second-order valence-corrected chi connectivity index (χ2v) is 10.7. The van der Waals surface area contributed by atoms with Crippen molar-refractivity contribution in [3.8, 4) is 5.75 Å². The number of carbonyl (C=O) groups excluding carboxylic acids is 3. The predicted molar refractivity (Wildman–Crippen MR) is 158 cm³/mol. The van der Waals surface area contributed by atoms with Crippen molar-refractivity contribution in [2.45, 2.75) is 25.9 Å². The first-order valence-electron chi connectivity index (χ1n) is 13.4. The number of nitrogens with one attached hydrogen (secondary N) is 1. The molecule has 1 fully saturated rings. The standard InChI is InChI=1S/C30H34Cl2N4O5/c1-5-13-36-25(18-34-14-15-35(19(3)17-34)28(37)20-7-10-22(40-4)11-8-20)26(29(38)41-6-2)27(33-30(36)39)23-12-9-21(31)16-24(23)32/h5,7-12,16,19,27H,1,6,13-15,17-18H2,2-4H3,(H,33,39). The molecular weight excluding hydrogens is 567 g/mol. The molecule has 0 radical (unpaired) electrons. The molecule has 2 aromatic carbocycles. The summed E-state index contributed by atoms with van der Waals surface area (Å²) in [5, 5.41) is 3.67. The first-order chi connectivity index (χ1) is 19.7. The van der Waals surface area contributed by atoms with Crippen molar-refractivity contribution >= 4 is 41.1 Å². The smallest absolute Gasteiger partial charge is 0.338 e. The maximum Gasteiger partial charge on any atom is 0.338 e. The highest BCUT2D eigenvalue weighted by atomic mass is 35.5. The molecule has 1 N–H and O–H groups in total. The molecule has 2 aliphatic rings. The molecule has 0 bridgehead atoms. The number of nitrogens with zero attached hydrogens (tertiary/aromatic N) is 3. The van der Waals surface area contributed by atoms with E-state index in [4.69, 9.17) is 32.7 Å². The highest BCUT2D eigenvalue weighted by Crippen LogP contribution is 2.36. The molecule has 218 valence electrons. The van der Waals surface area contributed by atoms with Gasteiger partial charge in [0, 0.05) is 60.1 Å². The molecule has 9 nitrogen and oxygen atoms in total. The zero-order valence-corrected chi connectivity index (χ0v) is 24.9. The number of piperazine rings is 1. The van der Waals surface area contributed by atoms with Crippen molar-refractivity contribution < 1.29 is 23.9 Å². The monoisotopic (exact) mass is 600 g/mol. The quantitative estimate of drug-likeness (QED) is 0.324. The number of rotatable bonds is 9. The van der Waals surface area contributed by atoms with Crippen LogP contribution in [0.4, 0.5) is 4.79 Å². The largest absolute Gasteiger partial charge is 0.497 e. The van der Waals surface area contributed by atoms with Gasteiger partial charge in [0.1, 0.15) is 5.75 Å². The second kappa shape index (κ2) is 13.4. The number of benzene rings is 2. The van der Waals surface area contributed by atoms with E-state index in [2.05, 4.69) is 16.8 Å². The molecule has 2 heterocycles. The molecule has 2 unspecified atom stereocenters. The molecule has 11 heteroatoms. The lowest BCUT2D eigenvalue weighted by molar-refractivity contribution is -0.139. The van der Waals surface area contributed by atoms with Gasteiger partial charge in [-0.1, -0.05) is 35.3 Å². The predicted octanol–water partition coefficient (Wildman–Crippen LogP) is 4.92. The van der Waals surface area contributed by atoms with Crippen LogP contribution in [0, 0.1) is 0 Å². The van der Waals surface area contributed by atoms with Crippen molar-refractivity contribution in [2.75, 3.05) is 46.4 Å². The van der Waals surface area contributed by atoms with Crippen molar-refractivity contribution in [1.82, 2.24) is 20.0 Å². The molecule has 2 aromatic rings. The van der Waals surface area contributed by atoms with Crippen molar-refractivity contribution in [2.24, 2.45) is 0 Å². The summed E-state index contributed by atoms with van der Waals surface area (Å²) in [5.74, 6) is 0.0758. The van der Waals surface area contributed by atoms with Crippen LogP contribution in [0.3, 0.4) is 0 Å². The van der Waals surface area contributed by atoms with Gasteiger partial charge in [-0.15, -0.1) is 6.58 Å². The van der Waals surface area contributed by atoms with E-state index in [0.29, 0.717) is 57.8 Å². The Hall–Kier alpha value is -3.53. The Kier molecular flexibility index (Phi) is 9.96. The van der Waals surface area contributed by atoms with Crippen LogP contribution in [0.1, 0.15) is 35.8 Å². The van der Waals surface area contributed by atoms with E-state index >= 15 is 0 Å². The lowest BCUT2D eigenvalue weighted by atomic mass is 9.93. The minimum atomic E-state index is -0.835. The third-order valence-corrected chi connectivity index (χ3v) is 7.76. The van der Waals surface area contributed by atoms with Crippen LogP contribution < -0.4 is 10.1 Å². The van der Waals surface area contributed by atoms with Gasteiger partial charge >= 0.3 is 12.0 Å². The third-order valence-electron chi connectivity index (χ3n) is 7.20. The molecule has 0 aliphatic carbocycles. The van der Waals surface area contributed by atoms with Crippen LogP contribution in [0.15, 0.2) is 66.4 Å². The second-order valence-electron chi connectivity index (χ2n) is 9.84. The molecule has 4 rings (SSSR count). The van der Waals surface area contributed by atoms with Gasteiger partial charge in [-0.3, -0.25) is 14.6 Å². The van der Waals surface area contributed by atoms with Gasteiger partial charge in [-0.2, -0.15) is 0 Å². The Morgan fingerprint density at radius 2 is 1.88 bits per heavy atom. The van der Waals surface area contributed by atoms with Gasteiger partial charge in [-0.25, -0.2) is 9.59 Å². The topological polar surface area (TPSA) is 91.4 Å². The molecule has 0 spiro atoms. The molecule has 2 aliphatic heterocycles. The summed E-state index contributed by atoms with van der Waals surface area (Å²) in [6, 6.07) is 10.6. The molecule has 0 saturated carbocycles. The van der Waals surface area contributed by atoms with Crippen molar-refractivity contribution in [1.29, 1.82) is 0 Å². The molecule has 3 amide bonds. The van der Waals surface area contributed by atoms with E-state index in [0.717, 1.165) is 0 Å². The Balaban J connectivity index is 1.65. The lowest BCUT2D eigenvalue weighted by Crippen LogP contribution is -2.56. The average Bonchev–Trinajstić information content (AvgIpc) is 2.94. The van der Waals surface area contributed by atoms with Gasteiger partial charge in [0.2, 0.25) is 0 Å². The SMILES string of the molecule is C=CCN1C(=O)NC(c2ccc(Cl)cc2Cl)C(C(=O)OCC)=C1CN1CCN(C(=O)c2ccc(OC)cc2)C(C)C1. The molecule has 0 aromatic heterocycles. The summed E-state index contributed by atoms with van der Waals surface area (Å²) in [4.78, 5) is 45.5. The fraction of sp³-hybridized carbons (Fsp3) is 0.367. The van der Waals surface area contributed by atoms with Crippen LogP contribution in [-0.2, 0) is 9.53 Å². The number of esters is 1. The van der Waals surface area contributed by atoms with E-state index in [1.165, 1.54) is 4.90 Å². The summed E-state index contributed by atoms with van der Waals surface area (Å²) >= 11 is 12.7. The van der Waals surface area contributed by atoms with Gasteiger partial charge in [0.15, 0.2) is 0 Å². The van der Waals surface area contributed by atoms with Gasteiger partial charge in [0.05, 0.1) is 25.3 Å². The number of ether oxygens (including phenoxy) is 2. The van der Waals surface area contributed by atoms with Crippen LogP contribution in [0.5, 0.6) is 5.75 Å². The summed E-state index contributed by atoms with van der Waals surface area (Å²) in [5.41, 5.74) is 1.92. The van der Waals surface area contributed by atoms with Crippen molar-refractivity contribution in [3.05, 3.63) is 87.6 Å². The summed E-state index contributed by atoms with van der Waals surface area (Å²) in [6.45, 7) is 9.71. The van der Waals surface area contributed by atoms with Crippen molar-refractivity contribution in [3.63, 3.8) is 0 Å². The maximum atomic E-state index is 13.4. The Bertz CT molecular complexity index is 1350. The minimum absolute atomic E-state index is 0.0611. The number of methoxy groups -OCH3 is 1. The van der Waals surface area contributed by atoms with Crippen LogP contribution in [0.2, 0.25) is 10.0 Å². The first kappa shape index (κ1) is 30.4. The summed E-state index contributed by atoms with van der Waals surface area (Å²) < 4.78 is 10.7. The van der Waals surface area contributed by atoms with E-state index in [1.54, 1.807) is 62.6 Å². The normalized spacial score (nSPS) is 19.6. The highest BCUT2D eigenvalue weighted by Gasteiger charge is 2.40.